The minimum Gasteiger partial charge on any atom is -0.378 e. The lowest BCUT2D eigenvalue weighted by molar-refractivity contribution is -0.137. The molecule has 1 aliphatic heterocycles. The molecule has 0 aliphatic carbocycles. The first-order valence-electron chi connectivity index (χ1n) is 7.81. The van der Waals surface area contributed by atoms with Gasteiger partial charge in [-0.2, -0.15) is 13.2 Å². The number of rotatable bonds is 3. The standard InChI is InChI=1S/C17H19F3N2O/c1-2-23-13-6-9-22(10-7-13)16-5-8-21-15-11-12(17(18,19)20)3-4-14(15)16/h3-5,8,11,13H,2,6-7,9-10H2,1H3. The van der Waals surface area contributed by atoms with Crippen LogP contribution in [0.15, 0.2) is 30.5 Å². The van der Waals surface area contributed by atoms with Crippen LogP contribution >= 0.6 is 0 Å². The molecule has 1 aliphatic rings. The fourth-order valence-corrected chi connectivity index (χ4v) is 3.08. The summed E-state index contributed by atoms with van der Waals surface area (Å²) in [4.78, 5) is 6.31. The Morgan fingerprint density at radius 3 is 2.61 bits per heavy atom. The van der Waals surface area contributed by atoms with E-state index in [-0.39, 0.29) is 6.10 Å². The fraction of sp³-hybridized carbons (Fsp3) is 0.471. The number of ether oxygens (including phenoxy) is 1. The van der Waals surface area contributed by atoms with Gasteiger partial charge < -0.3 is 9.64 Å². The maximum Gasteiger partial charge on any atom is 0.416 e. The fourth-order valence-electron chi connectivity index (χ4n) is 3.08. The lowest BCUT2D eigenvalue weighted by Gasteiger charge is -2.34. The van der Waals surface area contributed by atoms with E-state index in [4.69, 9.17) is 4.74 Å². The van der Waals surface area contributed by atoms with E-state index >= 15 is 0 Å². The average molecular weight is 324 g/mol. The first kappa shape index (κ1) is 16.1. The number of fused-ring (bicyclic) bond motifs is 1. The molecule has 0 radical (unpaired) electrons. The molecule has 0 amide bonds. The first-order valence-corrected chi connectivity index (χ1v) is 7.81. The molecule has 0 atom stereocenters. The molecular formula is C17H19F3N2O. The maximum absolute atomic E-state index is 12.8. The summed E-state index contributed by atoms with van der Waals surface area (Å²) in [7, 11) is 0. The van der Waals surface area contributed by atoms with Crippen molar-refractivity contribution >= 4 is 16.6 Å². The molecule has 1 aromatic heterocycles. The molecule has 1 fully saturated rings. The van der Waals surface area contributed by atoms with E-state index in [9.17, 15) is 13.2 Å². The van der Waals surface area contributed by atoms with E-state index in [0.717, 1.165) is 49.1 Å². The number of benzene rings is 1. The summed E-state index contributed by atoms with van der Waals surface area (Å²) in [5, 5.41) is 0.760. The van der Waals surface area contributed by atoms with Crippen molar-refractivity contribution in [1.82, 2.24) is 4.98 Å². The van der Waals surface area contributed by atoms with E-state index in [1.165, 1.54) is 6.07 Å². The number of hydrogen-bond donors (Lipinski definition) is 0. The second-order valence-electron chi connectivity index (χ2n) is 5.70. The molecule has 3 rings (SSSR count). The van der Waals surface area contributed by atoms with Gasteiger partial charge in [0.2, 0.25) is 0 Å². The smallest absolute Gasteiger partial charge is 0.378 e. The van der Waals surface area contributed by atoms with Crippen LogP contribution in [0.3, 0.4) is 0 Å². The van der Waals surface area contributed by atoms with Crippen LogP contribution in [0, 0.1) is 0 Å². The molecule has 1 aromatic carbocycles. The molecule has 0 N–H and O–H groups in total. The SMILES string of the molecule is CCOC1CCN(c2ccnc3cc(C(F)(F)F)ccc23)CC1. The average Bonchev–Trinajstić information content (AvgIpc) is 2.54. The summed E-state index contributed by atoms with van der Waals surface area (Å²) in [5.41, 5.74) is 0.660. The number of halogens is 3. The number of pyridine rings is 1. The third-order valence-corrected chi connectivity index (χ3v) is 4.23. The van der Waals surface area contributed by atoms with Gasteiger partial charge in [0.1, 0.15) is 0 Å². The van der Waals surface area contributed by atoms with Gasteiger partial charge in [0.25, 0.3) is 0 Å². The molecule has 0 saturated carbocycles. The zero-order valence-electron chi connectivity index (χ0n) is 12.9. The highest BCUT2D eigenvalue weighted by atomic mass is 19.4. The van der Waals surface area contributed by atoms with Gasteiger partial charge in [-0.25, -0.2) is 0 Å². The van der Waals surface area contributed by atoms with Crippen LogP contribution in [0.2, 0.25) is 0 Å². The van der Waals surface area contributed by atoms with Crippen molar-refractivity contribution in [2.75, 3.05) is 24.6 Å². The van der Waals surface area contributed by atoms with Gasteiger partial charge in [0, 0.05) is 37.0 Å². The Kier molecular flexibility index (Phi) is 4.43. The zero-order valence-corrected chi connectivity index (χ0v) is 12.9. The quantitative estimate of drug-likeness (QED) is 0.843. The Bertz CT molecular complexity index is 679. The Hall–Kier alpha value is -1.82. The first-order chi connectivity index (χ1) is 11.0. The third kappa shape index (κ3) is 3.42. The molecule has 124 valence electrons. The minimum atomic E-state index is -4.35. The van der Waals surface area contributed by atoms with Crippen LogP contribution in [0.1, 0.15) is 25.3 Å². The predicted molar refractivity (Wildman–Crippen MR) is 83.6 cm³/mol. The number of anilines is 1. The van der Waals surface area contributed by atoms with Gasteiger partial charge in [-0.1, -0.05) is 6.07 Å². The molecule has 3 nitrogen and oxygen atoms in total. The van der Waals surface area contributed by atoms with Crippen LogP contribution < -0.4 is 4.90 Å². The van der Waals surface area contributed by atoms with Gasteiger partial charge in [0.15, 0.2) is 0 Å². The maximum atomic E-state index is 12.8. The number of hydrogen-bond acceptors (Lipinski definition) is 3. The highest BCUT2D eigenvalue weighted by Gasteiger charge is 2.31. The van der Waals surface area contributed by atoms with E-state index in [0.29, 0.717) is 12.1 Å². The molecule has 6 heteroatoms. The summed E-state index contributed by atoms with van der Waals surface area (Å²) in [5.74, 6) is 0. The zero-order chi connectivity index (χ0) is 16.4. The monoisotopic (exact) mass is 324 g/mol. The lowest BCUT2D eigenvalue weighted by Crippen LogP contribution is -2.37. The third-order valence-electron chi connectivity index (χ3n) is 4.23. The summed E-state index contributed by atoms with van der Waals surface area (Å²) < 4.78 is 44.1. The predicted octanol–water partition coefficient (Wildman–Crippen LogP) is 4.26. The lowest BCUT2D eigenvalue weighted by atomic mass is 10.0. The minimum absolute atomic E-state index is 0.279. The van der Waals surface area contributed by atoms with Gasteiger partial charge in [-0.3, -0.25) is 4.98 Å². The molecule has 0 bridgehead atoms. The van der Waals surface area contributed by atoms with Crippen molar-refractivity contribution in [1.29, 1.82) is 0 Å². The Balaban J connectivity index is 1.87. The second-order valence-corrected chi connectivity index (χ2v) is 5.70. The van der Waals surface area contributed by atoms with Crippen LogP contribution in [-0.2, 0) is 10.9 Å². The molecule has 1 saturated heterocycles. The summed E-state index contributed by atoms with van der Waals surface area (Å²) >= 11 is 0. The van der Waals surface area contributed by atoms with Gasteiger partial charge in [-0.15, -0.1) is 0 Å². The summed E-state index contributed by atoms with van der Waals surface area (Å²) in [6.07, 6.45) is -0.633. The molecule has 0 unspecified atom stereocenters. The van der Waals surface area contributed by atoms with E-state index < -0.39 is 11.7 Å². The van der Waals surface area contributed by atoms with Crippen LogP contribution in [0.4, 0.5) is 18.9 Å². The summed E-state index contributed by atoms with van der Waals surface area (Å²) in [6, 6.07) is 5.64. The van der Waals surface area contributed by atoms with Crippen LogP contribution in [0.5, 0.6) is 0 Å². The van der Waals surface area contributed by atoms with Gasteiger partial charge in [0.05, 0.1) is 17.2 Å². The number of nitrogens with zero attached hydrogens (tertiary/aromatic N) is 2. The molecule has 23 heavy (non-hydrogen) atoms. The van der Waals surface area contributed by atoms with Gasteiger partial charge >= 0.3 is 6.18 Å². The Morgan fingerprint density at radius 1 is 1.22 bits per heavy atom. The van der Waals surface area contributed by atoms with Crippen molar-refractivity contribution in [2.24, 2.45) is 0 Å². The van der Waals surface area contributed by atoms with Crippen molar-refractivity contribution in [3.8, 4) is 0 Å². The Labute approximate surface area is 133 Å². The number of piperidine rings is 1. The van der Waals surface area contributed by atoms with Crippen molar-refractivity contribution in [3.05, 3.63) is 36.0 Å². The highest BCUT2D eigenvalue weighted by molar-refractivity contribution is 5.92. The van der Waals surface area contributed by atoms with Crippen molar-refractivity contribution < 1.29 is 17.9 Å². The Morgan fingerprint density at radius 2 is 1.96 bits per heavy atom. The second kappa shape index (κ2) is 6.35. The molecule has 2 aromatic rings. The molecule has 0 spiro atoms. The number of alkyl halides is 3. The van der Waals surface area contributed by atoms with Gasteiger partial charge in [-0.05, 0) is 38.0 Å². The molecule has 2 heterocycles. The normalized spacial score (nSPS) is 17.0. The summed E-state index contributed by atoms with van der Waals surface area (Å²) in [6.45, 7) is 4.37. The largest absolute Gasteiger partial charge is 0.416 e. The van der Waals surface area contributed by atoms with Crippen molar-refractivity contribution in [2.45, 2.75) is 32.0 Å². The van der Waals surface area contributed by atoms with E-state index in [1.54, 1.807) is 6.20 Å². The molecular weight excluding hydrogens is 305 g/mol. The van der Waals surface area contributed by atoms with E-state index in [1.807, 2.05) is 13.0 Å². The van der Waals surface area contributed by atoms with Crippen LogP contribution in [0.25, 0.3) is 10.9 Å². The topological polar surface area (TPSA) is 25.4 Å². The van der Waals surface area contributed by atoms with E-state index in [2.05, 4.69) is 9.88 Å². The number of aromatic nitrogens is 1. The van der Waals surface area contributed by atoms with Crippen molar-refractivity contribution in [3.63, 3.8) is 0 Å². The highest BCUT2D eigenvalue weighted by Crippen LogP contribution is 2.34. The van der Waals surface area contributed by atoms with Crippen LogP contribution in [-0.4, -0.2) is 30.8 Å².